The van der Waals surface area contributed by atoms with E-state index in [2.05, 4.69) is 4.74 Å². The zero-order valence-corrected chi connectivity index (χ0v) is 9.61. The number of carbonyl (C=O) groups is 1. The Morgan fingerprint density at radius 2 is 2.06 bits per heavy atom. The highest BCUT2D eigenvalue weighted by Crippen LogP contribution is 2.19. The normalized spacial score (nSPS) is 11.1. The Balaban J connectivity index is 3.26. The fourth-order valence-corrected chi connectivity index (χ4v) is 1.38. The third-order valence-corrected chi connectivity index (χ3v) is 2.19. The van der Waals surface area contributed by atoms with Crippen molar-refractivity contribution in [1.29, 1.82) is 0 Å². The molecule has 3 nitrogen and oxygen atoms in total. The van der Waals surface area contributed by atoms with Crippen molar-refractivity contribution >= 4 is 24.9 Å². The highest BCUT2D eigenvalue weighted by atomic mass is 16.5. The van der Waals surface area contributed by atoms with Crippen LogP contribution in [-0.2, 0) is 14.3 Å². The van der Waals surface area contributed by atoms with Crippen LogP contribution in [0, 0.1) is 6.92 Å². The van der Waals surface area contributed by atoms with Crippen molar-refractivity contribution in [1.82, 2.24) is 0 Å². The molecule has 0 spiro atoms. The molecule has 4 heteroatoms. The Hall–Kier alpha value is -1.71. The van der Waals surface area contributed by atoms with E-state index in [1.807, 2.05) is 13.0 Å². The first kappa shape index (κ1) is 12.4. The van der Waals surface area contributed by atoms with Crippen LogP contribution in [0.4, 0.5) is 0 Å². The molecule has 1 aromatic carbocycles. The third kappa shape index (κ3) is 2.66. The molecule has 0 fully saturated rings. The molecule has 0 saturated heterocycles. The molecule has 0 aliphatic carbocycles. The number of carbonyl (C=O) groups excluding carboxylic acids is 1. The van der Waals surface area contributed by atoms with Gasteiger partial charge in [-0.15, -0.1) is 0 Å². The lowest BCUT2D eigenvalue weighted by Gasteiger charge is -2.09. The van der Waals surface area contributed by atoms with E-state index in [0.29, 0.717) is 16.6 Å². The van der Waals surface area contributed by atoms with E-state index in [0.717, 1.165) is 5.56 Å². The summed E-state index contributed by atoms with van der Waals surface area (Å²) in [5.74, 6) is -0.449. The monoisotopic (exact) mass is 216 g/mol. The van der Waals surface area contributed by atoms with Crippen LogP contribution < -0.4 is 5.46 Å². The number of ether oxygens (including phenoxy) is 2. The molecular formula is C12H13BO3. The van der Waals surface area contributed by atoms with Gasteiger partial charge in [0.2, 0.25) is 0 Å². The average Bonchev–Trinajstić information content (AvgIpc) is 2.28. The molecule has 0 saturated carbocycles. The Morgan fingerprint density at radius 1 is 1.38 bits per heavy atom. The van der Waals surface area contributed by atoms with Crippen LogP contribution in [0.3, 0.4) is 0 Å². The molecule has 0 atom stereocenters. The summed E-state index contributed by atoms with van der Waals surface area (Å²) in [6, 6.07) is 5.34. The van der Waals surface area contributed by atoms with E-state index in [4.69, 9.17) is 12.6 Å². The number of benzene rings is 1. The van der Waals surface area contributed by atoms with E-state index in [9.17, 15) is 4.79 Å². The van der Waals surface area contributed by atoms with Gasteiger partial charge in [0.05, 0.1) is 20.5 Å². The lowest BCUT2D eigenvalue weighted by atomic mass is 9.90. The number of esters is 1. The summed E-state index contributed by atoms with van der Waals surface area (Å²) < 4.78 is 9.56. The first-order chi connectivity index (χ1) is 7.60. The molecular weight excluding hydrogens is 203 g/mol. The van der Waals surface area contributed by atoms with Crippen molar-refractivity contribution in [3.63, 3.8) is 0 Å². The van der Waals surface area contributed by atoms with Gasteiger partial charge in [-0.25, -0.2) is 4.79 Å². The smallest absolute Gasteiger partial charge is 0.341 e. The molecule has 16 heavy (non-hydrogen) atoms. The quantitative estimate of drug-likeness (QED) is 0.326. The lowest BCUT2D eigenvalue weighted by molar-refractivity contribution is -0.133. The van der Waals surface area contributed by atoms with Gasteiger partial charge in [-0.2, -0.15) is 0 Å². The fraction of sp³-hybridized carbons (Fsp3) is 0.250. The zero-order valence-electron chi connectivity index (χ0n) is 9.61. The summed E-state index contributed by atoms with van der Waals surface area (Å²) in [4.78, 5) is 11.6. The Labute approximate surface area is 96.5 Å². The topological polar surface area (TPSA) is 35.5 Å². The van der Waals surface area contributed by atoms with E-state index in [1.54, 1.807) is 12.1 Å². The van der Waals surface area contributed by atoms with E-state index >= 15 is 0 Å². The lowest BCUT2D eigenvalue weighted by Crippen LogP contribution is -2.10. The van der Waals surface area contributed by atoms with Gasteiger partial charge in [-0.05, 0) is 18.1 Å². The maximum Gasteiger partial charge on any atom is 0.341 e. The molecule has 0 unspecified atom stereocenters. The minimum Gasteiger partial charge on any atom is -0.503 e. The summed E-state index contributed by atoms with van der Waals surface area (Å²) in [5, 5.41) is 0. The van der Waals surface area contributed by atoms with Crippen LogP contribution in [0.2, 0.25) is 0 Å². The second-order valence-electron chi connectivity index (χ2n) is 3.33. The number of hydrogen-bond donors (Lipinski definition) is 0. The van der Waals surface area contributed by atoms with Gasteiger partial charge in [-0.3, -0.25) is 0 Å². The molecule has 0 heterocycles. The minimum atomic E-state index is -0.449. The van der Waals surface area contributed by atoms with Gasteiger partial charge in [0.25, 0.3) is 0 Å². The standard InChI is InChI=1S/C12H13BO3/c1-8-4-5-9(13)6-10(8)11(7-15-2)12(14)16-3/h4-7H,1-3H3/b11-7+. The highest BCUT2D eigenvalue weighted by Gasteiger charge is 2.15. The summed E-state index contributed by atoms with van der Waals surface area (Å²) in [7, 11) is 8.49. The van der Waals surface area contributed by atoms with Crippen molar-refractivity contribution in [2.24, 2.45) is 0 Å². The molecule has 1 rings (SSSR count). The molecule has 0 bridgehead atoms. The van der Waals surface area contributed by atoms with Crippen molar-refractivity contribution in [2.45, 2.75) is 6.92 Å². The Kier molecular flexibility index (Phi) is 4.17. The van der Waals surface area contributed by atoms with Crippen molar-refractivity contribution in [3.05, 3.63) is 35.6 Å². The highest BCUT2D eigenvalue weighted by molar-refractivity contribution is 6.33. The van der Waals surface area contributed by atoms with Gasteiger partial charge in [-0.1, -0.05) is 23.7 Å². The van der Waals surface area contributed by atoms with Gasteiger partial charge in [0.15, 0.2) is 0 Å². The number of methoxy groups -OCH3 is 2. The van der Waals surface area contributed by atoms with E-state index in [1.165, 1.54) is 20.5 Å². The van der Waals surface area contributed by atoms with Gasteiger partial charge < -0.3 is 9.47 Å². The minimum absolute atomic E-state index is 0.356. The third-order valence-electron chi connectivity index (χ3n) is 2.19. The fourth-order valence-electron chi connectivity index (χ4n) is 1.38. The summed E-state index contributed by atoms with van der Waals surface area (Å²) >= 11 is 0. The maximum absolute atomic E-state index is 11.6. The molecule has 0 amide bonds. The zero-order chi connectivity index (χ0) is 12.1. The molecule has 0 aliphatic heterocycles. The second-order valence-corrected chi connectivity index (χ2v) is 3.33. The van der Waals surface area contributed by atoms with Crippen LogP contribution in [0.25, 0.3) is 5.57 Å². The van der Waals surface area contributed by atoms with Crippen LogP contribution >= 0.6 is 0 Å². The van der Waals surface area contributed by atoms with Crippen molar-refractivity contribution in [3.8, 4) is 0 Å². The van der Waals surface area contributed by atoms with Gasteiger partial charge in [0, 0.05) is 0 Å². The summed E-state index contributed by atoms with van der Waals surface area (Å²) in [5.41, 5.74) is 2.60. The van der Waals surface area contributed by atoms with Gasteiger partial charge in [0.1, 0.15) is 13.4 Å². The number of hydrogen-bond acceptors (Lipinski definition) is 3. The van der Waals surface area contributed by atoms with Gasteiger partial charge >= 0.3 is 5.97 Å². The molecule has 0 N–H and O–H groups in total. The second kappa shape index (κ2) is 5.40. The van der Waals surface area contributed by atoms with Crippen molar-refractivity contribution < 1.29 is 14.3 Å². The Morgan fingerprint density at radius 3 is 2.62 bits per heavy atom. The van der Waals surface area contributed by atoms with Crippen LogP contribution in [0.1, 0.15) is 11.1 Å². The first-order valence-electron chi connectivity index (χ1n) is 4.78. The maximum atomic E-state index is 11.6. The van der Waals surface area contributed by atoms with Crippen LogP contribution in [0.5, 0.6) is 0 Å². The summed E-state index contributed by atoms with van der Waals surface area (Å²) in [6.45, 7) is 1.89. The molecule has 82 valence electrons. The largest absolute Gasteiger partial charge is 0.503 e. The first-order valence-corrected chi connectivity index (χ1v) is 4.78. The van der Waals surface area contributed by atoms with E-state index in [-0.39, 0.29) is 0 Å². The van der Waals surface area contributed by atoms with E-state index < -0.39 is 5.97 Å². The number of rotatable bonds is 3. The SMILES string of the molecule is [B]c1ccc(C)c(/C(=C\OC)C(=O)OC)c1. The molecule has 2 radical (unpaired) electrons. The molecule has 0 aliphatic rings. The summed E-state index contributed by atoms with van der Waals surface area (Å²) in [6.07, 6.45) is 1.35. The number of aryl methyl sites for hydroxylation is 1. The molecule has 1 aromatic rings. The van der Waals surface area contributed by atoms with Crippen LogP contribution in [-0.4, -0.2) is 28.0 Å². The predicted molar refractivity (Wildman–Crippen MR) is 63.6 cm³/mol. The van der Waals surface area contributed by atoms with Crippen molar-refractivity contribution in [2.75, 3.05) is 14.2 Å². The average molecular weight is 216 g/mol. The Bertz CT molecular complexity index is 424. The van der Waals surface area contributed by atoms with Crippen LogP contribution in [0.15, 0.2) is 24.5 Å². The predicted octanol–water partition coefficient (Wildman–Crippen LogP) is 0.949. The molecule has 0 aromatic heterocycles.